The molecule has 3 nitrogen and oxygen atoms in total. The van der Waals surface area contributed by atoms with E-state index in [1.165, 1.54) is 19.3 Å². The molecule has 3 heteroatoms. The fourth-order valence-electron chi connectivity index (χ4n) is 2.14. The summed E-state index contributed by atoms with van der Waals surface area (Å²) < 4.78 is 5.71. The predicted octanol–water partition coefficient (Wildman–Crippen LogP) is 5.27. The van der Waals surface area contributed by atoms with Crippen LogP contribution in [-0.4, -0.2) is 12.8 Å². The van der Waals surface area contributed by atoms with Gasteiger partial charge in [-0.3, -0.25) is 4.99 Å². The first-order chi connectivity index (χ1) is 11.3. The minimum absolute atomic E-state index is 0.655. The highest BCUT2D eigenvalue weighted by atomic mass is 16.5. The van der Waals surface area contributed by atoms with E-state index in [0.29, 0.717) is 5.56 Å². The maximum absolute atomic E-state index is 8.77. The first kappa shape index (κ1) is 16.8. The molecule has 0 saturated heterocycles. The van der Waals surface area contributed by atoms with Gasteiger partial charge in [0.05, 0.1) is 23.9 Å². The van der Waals surface area contributed by atoms with Crippen LogP contribution in [0.15, 0.2) is 53.5 Å². The number of benzene rings is 2. The van der Waals surface area contributed by atoms with E-state index in [4.69, 9.17) is 10.00 Å². The van der Waals surface area contributed by atoms with Crippen LogP contribution in [0.5, 0.6) is 5.75 Å². The molecule has 0 bridgehead atoms. The van der Waals surface area contributed by atoms with Crippen molar-refractivity contribution in [2.45, 2.75) is 32.6 Å². The van der Waals surface area contributed by atoms with Gasteiger partial charge in [0.15, 0.2) is 0 Å². The Hall–Kier alpha value is -2.60. The van der Waals surface area contributed by atoms with E-state index in [2.05, 4.69) is 18.0 Å². The van der Waals surface area contributed by atoms with Crippen molar-refractivity contribution in [3.8, 4) is 11.8 Å². The topological polar surface area (TPSA) is 45.4 Å². The Kier molecular flexibility index (Phi) is 6.87. The molecule has 0 atom stereocenters. The van der Waals surface area contributed by atoms with Crippen molar-refractivity contribution in [1.29, 1.82) is 5.26 Å². The third kappa shape index (κ3) is 5.96. The van der Waals surface area contributed by atoms with Gasteiger partial charge in [-0.2, -0.15) is 5.26 Å². The fraction of sp³-hybridized carbons (Fsp3) is 0.300. The van der Waals surface area contributed by atoms with Crippen molar-refractivity contribution >= 4 is 11.9 Å². The Morgan fingerprint density at radius 1 is 1.00 bits per heavy atom. The summed E-state index contributed by atoms with van der Waals surface area (Å²) in [6.45, 7) is 2.98. The molecule has 0 spiro atoms. The molecule has 2 rings (SSSR count). The number of nitriles is 1. The zero-order valence-electron chi connectivity index (χ0n) is 13.5. The van der Waals surface area contributed by atoms with Crippen LogP contribution in [0.4, 0.5) is 5.69 Å². The smallest absolute Gasteiger partial charge is 0.119 e. The van der Waals surface area contributed by atoms with Gasteiger partial charge in [-0.1, -0.05) is 38.3 Å². The van der Waals surface area contributed by atoms with Gasteiger partial charge in [-0.15, -0.1) is 0 Å². The van der Waals surface area contributed by atoms with Crippen LogP contribution in [0.2, 0.25) is 0 Å². The molecule has 118 valence electrons. The van der Waals surface area contributed by atoms with Crippen molar-refractivity contribution in [1.82, 2.24) is 0 Å². The van der Waals surface area contributed by atoms with E-state index in [1.807, 2.05) is 36.4 Å². The van der Waals surface area contributed by atoms with E-state index in [0.717, 1.165) is 30.0 Å². The minimum atomic E-state index is 0.655. The van der Waals surface area contributed by atoms with E-state index in [-0.39, 0.29) is 0 Å². The number of hydrogen-bond donors (Lipinski definition) is 0. The highest BCUT2D eigenvalue weighted by Gasteiger charge is 1.95. The lowest BCUT2D eigenvalue weighted by Crippen LogP contribution is -1.96. The molecule has 0 saturated carbocycles. The van der Waals surface area contributed by atoms with Crippen molar-refractivity contribution < 1.29 is 4.74 Å². The molecule has 0 heterocycles. The summed E-state index contributed by atoms with van der Waals surface area (Å²) in [7, 11) is 0. The van der Waals surface area contributed by atoms with Crippen LogP contribution in [0, 0.1) is 11.3 Å². The van der Waals surface area contributed by atoms with Gasteiger partial charge >= 0.3 is 0 Å². The Morgan fingerprint density at radius 3 is 2.39 bits per heavy atom. The standard InChI is InChI=1S/C20H22N2O/c1-2-3-4-5-14-23-20-12-10-19(11-13-20)22-16-18-8-6-17(15-21)7-9-18/h6-13,16H,2-5,14H2,1H3/b22-16+. The second-order valence-electron chi connectivity index (χ2n) is 5.40. The van der Waals surface area contributed by atoms with Gasteiger partial charge in [0.2, 0.25) is 0 Å². The highest BCUT2D eigenvalue weighted by Crippen LogP contribution is 2.18. The molecule has 0 aliphatic rings. The summed E-state index contributed by atoms with van der Waals surface area (Å²) >= 11 is 0. The first-order valence-electron chi connectivity index (χ1n) is 8.09. The number of ether oxygens (including phenoxy) is 1. The maximum Gasteiger partial charge on any atom is 0.119 e. The molecule has 23 heavy (non-hydrogen) atoms. The molecule has 0 N–H and O–H groups in total. The lowest BCUT2D eigenvalue weighted by Gasteiger charge is -2.05. The SMILES string of the molecule is CCCCCCOc1ccc(/N=C/c2ccc(C#N)cc2)cc1. The third-order valence-electron chi connectivity index (χ3n) is 3.51. The van der Waals surface area contributed by atoms with Gasteiger partial charge < -0.3 is 4.74 Å². The normalized spacial score (nSPS) is 10.6. The molecule has 0 aliphatic carbocycles. The Morgan fingerprint density at radius 2 is 1.74 bits per heavy atom. The number of hydrogen-bond acceptors (Lipinski definition) is 3. The molecule has 2 aromatic carbocycles. The number of nitrogens with zero attached hydrogens (tertiary/aromatic N) is 2. The van der Waals surface area contributed by atoms with Gasteiger partial charge in [0.25, 0.3) is 0 Å². The lowest BCUT2D eigenvalue weighted by molar-refractivity contribution is 0.305. The summed E-state index contributed by atoms with van der Waals surface area (Å²) in [6, 6.07) is 17.2. The fourth-order valence-corrected chi connectivity index (χ4v) is 2.14. The second kappa shape index (κ2) is 9.42. The predicted molar refractivity (Wildman–Crippen MR) is 94.5 cm³/mol. The molecule has 0 fully saturated rings. The molecule has 0 radical (unpaired) electrons. The largest absolute Gasteiger partial charge is 0.494 e. The molecule has 0 amide bonds. The lowest BCUT2D eigenvalue weighted by atomic mass is 10.2. The maximum atomic E-state index is 8.77. The van der Waals surface area contributed by atoms with E-state index in [9.17, 15) is 0 Å². The molecular weight excluding hydrogens is 284 g/mol. The van der Waals surface area contributed by atoms with Crippen LogP contribution < -0.4 is 4.74 Å². The average Bonchev–Trinajstić information content (AvgIpc) is 2.61. The van der Waals surface area contributed by atoms with Crippen LogP contribution in [-0.2, 0) is 0 Å². The minimum Gasteiger partial charge on any atom is -0.494 e. The van der Waals surface area contributed by atoms with Crippen LogP contribution in [0.1, 0.15) is 43.7 Å². The number of rotatable bonds is 8. The van der Waals surface area contributed by atoms with Crippen molar-refractivity contribution in [3.63, 3.8) is 0 Å². The Labute approximate surface area is 138 Å². The summed E-state index contributed by atoms with van der Waals surface area (Å²) in [5.41, 5.74) is 2.51. The molecular formula is C20H22N2O. The molecule has 2 aromatic rings. The number of unbranched alkanes of at least 4 members (excludes halogenated alkanes) is 3. The third-order valence-corrected chi connectivity index (χ3v) is 3.51. The monoisotopic (exact) mass is 306 g/mol. The van der Waals surface area contributed by atoms with Crippen molar-refractivity contribution in [3.05, 3.63) is 59.7 Å². The molecule has 0 aliphatic heterocycles. The summed E-state index contributed by atoms with van der Waals surface area (Å²) in [5.74, 6) is 0.888. The van der Waals surface area contributed by atoms with Crippen LogP contribution >= 0.6 is 0 Å². The summed E-state index contributed by atoms with van der Waals surface area (Å²) in [6.07, 6.45) is 6.63. The van der Waals surface area contributed by atoms with E-state index in [1.54, 1.807) is 18.3 Å². The zero-order valence-corrected chi connectivity index (χ0v) is 13.5. The highest BCUT2D eigenvalue weighted by molar-refractivity contribution is 5.82. The van der Waals surface area contributed by atoms with Gasteiger partial charge in [-0.25, -0.2) is 0 Å². The zero-order chi connectivity index (χ0) is 16.3. The van der Waals surface area contributed by atoms with Crippen LogP contribution in [0.3, 0.4) is 0 Å². The second-order valence-corrected chi connectivity index (χ2v) is 5.40. The molecule has 0 aromatic heterocycles. The van der Waals surface area contributed by atoms with Gasteiger partial charge in [0, 0.05) is 6.21 Å². The summed E-state index contributed by atoms with van der Waals surface area (Å²) in [4.78, 5) is 4.43. The first-order valence-corrected chi connectivity index (χ1v) is 8.09. The van der Waals surface area contributed by atoms with Gasteiger partial charge in [0.1, 0.15) is 5.75 Å². The van der Waals surface area contributed by atoms with E-state index < -0.39 is 0 Å². The Balaban J connectivity index is 1.84. The molecule has 0 unspecified atom stereocenters. The average molecular weight is 306 g/mol. The Bertz CT molecular complexity index is 652. The summed E-state index contributed by atoms with van der Waals surface area (Å²) in [5, 5.41) is 8.77. The van der Waals surface area contributed by atoms with Crippen molar-refractivity contribution in [2.75, 3.05) is 6.61 Å². The van der Waals surface area contributed by atoms with Crippen molar-refractivity contribution in [2.24, 2.45) is 4.99 Å². The van der Waals surface area contributed by atoms with Gasteiger partial charge in [-0.05, 0) is 48.4 Å². The van der Waals surface area contributed by atoms with E-state index >= 15 is 0 Å². The quantitative estimate of drug-likeness (QED) is 0.493. The number of aliphatic imine (C=N–C) groups is 1. The van der Waals surface area contributed by atoms with Crippen LogP contribution in [0.25, 0.3) is 0 Å².